The summed E-state index contributed by atoms with van der Waals surface area (Å²) in [6.07, 6.45) is 4.55. The summed E-state index contributed by atoms with van der Waals surface area (Å²) >= 11 is 12.4. The Kier molecular flexibility index (Phi) is 5.23. The highest BCUT2D eigenvalue weighted by Crippen LogP contribution is 2.55. The van der Waals surface area contributed by atoms with Gasteiger partial charge in [0.1, 0.15) is 0 Å². The molecule has 1 saturated carbocycles. The molecule has 1 aromatic heterocycles. The van der Waals surface area contributed by atoms with Gasteiger partial charge in [-0.3, -0.25) is 4.79 Å². The molecule has 0 bridgehead atoms. The maximum absolute atomic E-state index is 13.3. The van der Waals surface area contributed by atoms with Crippen LogP contribution in [0.5, 0.6) is 0 Å². The Hall–Kier alpha value is -1.85. The van der Waals surface area contributed by atoms with Crippen molar-refractivity contribution < 1.29 is 4.79 Å². The van der Waals surface area contributed by atoms with Crippen molar-refractivity contribution in [1.82, 2.24) is 14.9 Å². The third-order valence-electron chi connectivity index (χ3n) is 5.85. The second-order valence-corrected chi connectivity index (χ2v) is 8.93. The quantitative estimate of drug-likeness (QED) is 0.766. The molecule has 2 fully saturated rings. The van der Waals surface area contributed by atoms with Gasteiger partial charge in [-0.05, 0) is 69.2 Å². The highest BCUT2D eigenvalue weighted by Gasteiger charge is 2.49. The maximum Gasteiger partial charge on any atom is 0.255 e. The number of carbonyl (C=O) groups excluding carboxylic acids is 1. The first-order valence-corrected chi connectivity index (χ1v) is 10.4. The summed E-state index contributed by atoms with van der Waals surface area (Å²) in [5.74, 6) is 0.553. The van der Waals surface area contributed by atoms with Crippen LogP contribution in [0.15, 0.2) is 24.3 Å². The second kappa shape index (κ2) is 7.53. The van der Waals surface area contributed by atoms with Gasteiger partial charge in [-0.2, -0.15) is 0 Å². The Balaban J connectivity index is 1.54. The number of aromatic nitrogens is 2. The lowest BCUT2D eigenvalue weighted by atomic mass is 9.87. The molecule has 1 aliphatic carbocycles. The Labute approximate surface area is 175 Å². The largest absolute Gasteiger partial charge is 0.352 e. The number of piperidine rings is 1. The first-order valence-electron chi connectivity index (χ1n) is 9.67. The number of carbonyl (C=O) groups is 1. The zero-order valence-corrected chi connectivity index (χ0v) is 17.6. The lowest BCUT2D eigenvalue weighted by molar-refractivity contribution is 0.0546. The van der Waals surface area contributed by atoms with Crippen molar-refractivity contribution in [2.45, 2.75) is 45.6 Å². The number of anilines is 1. The van der Waals surface area contributed by atoms with Crippen LogP contribution in [0.1, 0.15) is 47.4 Å². The van der Waals surface area contributed by atoms with E-state index in [9.17, 15) is 4.79 Å². The van der Waals surface area contributed by atoms with E-state index in [1.54, 1.807) is 18.2 Å². The van der Waals surface area contributed by atoms with Gasteiger partial charge in [-0.1, -0.05) is 23.2 Å². The summed E-state index contributed by atoms with van der Waals surface area (Å²) < 4.78 is 0. The molecule has 2 aromatic rings. The summed E-state index contributed by atoms with van der Waals surface area (Å²) in [6.45, 7) is 5.27. The van der Waals surface area contributed by atoms with E-state index < -0.39 is 0 Å². The van der Waals surface area contributed by atoms with Gasteiger partial charge in [0.05, 0.1) is 10.6 Å². The molecule has 0 unspecified atom stereocenters. The number of hydrogen-bond acceptors (Lipinski definition) is 4. The van der Waals surface area contributed by atoms with E-state index in [4.69, 9.17) is 23.2 Å². The van der Waals surface area contributed by atoms with E-state index in [-0.39, 0.29) is 11.9 Å². The minimum atomic E-state index is -0.0591. The predicted molar refractivity (Wildman–Crippen MR) is 112 cm³/mol. The van der Waals surface area contributed by atoms with E-state index in [1.165, 1.54) is 12.8 Å². The Bertz CT molecular complexity index is 893. The molecule has 1 aromatic carbocycles. The molecule has 5 nitrogen and oxygen atoms in total. The zero-order chi connectivity index (χ0) is 19.9. The predicted octanol–water partition coefficient (Wildman–Crippen LogP) is 4.90. The van der Waals surface area contributed by atoms with E-state index in [0.29, 0.717) is 33.5 Å². The minimum Gasteiger partial charge on any atom is -0.352 e. The van der Waals surface area contributed by atoms with Gasteiger partial charge in [0.15, 0.2) is 0 Å². The third kappa shape index (κ3) is 4.11. The summed E-state index contributed by atoms with van der Waals surface area (Å²) in [5.41, 5.74) is 2.73. The topological polar surface area (TPSA) is 58.1 Å². The molecule has 28 heavy (non-hydrogen) atoms. The van der Waals surface area contributed by atoms with Crippen molar-refractivity contribution in [1.29, 1.82) is 0 Å². The lowest BCUT2D eigenvalue weighted by Crippen LogP contribution is -2.50. The number of nitrogens with zero attached hydrogens (tertiary/aromatic N) is 3. The molecule has 1 amide bonds. The van der Waals surface area contributed by atoms with Crippen LogP contribution in [-0.2, 0) is 0 Å². The molecule has 7 heteroatoms. The molecule has 1 spiro atoms. The van der Waals surface area contributed by atoms with Crippen molar-refractivity contribution in [2.75, 3.05) is 18.4 Å². The normalized spacial score (nSPS) is 20.3. The Morgan fingerprint density at radius 1 is 1.18 bits per heavy atom. The highest BCUT2D eigenvalue weighted by molar-refractivity contribution is 6.35. The fourth-order valence-electron chi connectivity index (χ4n) is 4.16. The van der Waals surface area contributed by atoms with Gasteiger partial charge >= 0.3 is 0 Å². The van der Waals surface area contributed by atoms with Crippen LogP contribution in [0.3, 0.4) is 0 Å². The number of benzene rings is 1. The van der Waals surface area contributed by atoms with Crippen LogP contribution >= 0.6 is 23.2 Å². The van der Waals surface area contributed by atoms with Crippen molar-refractivity contribution in [2.24, 2.45) is 5.41 Å². The number of hydrogen-bond donors (Lipinski definition) is 1. The molecule has 1 aliphatic heterocycles. The zero-order valence-electron chi connectivity index (χ0n) is 16.1. The Morgan fingerprint density at radius 2 is 1.89 bits per heavy atom. The van der Waals surface area contributed by atoms with Crippen molar-refractivity contribution in [3.05, 3.63) is 51.3 Å². The van der Waals surface area contributed by atoms with Gasteiger partial charge in [-0.15, -0.1) is 0 Å². The standard InChI is InChI=1S/C21H24Cl2N4O/c1-13-9-14(2)26-20(25-13)24-12-16-11-21(5-6-21)7-8-27(16)19(28)17-10-15(22)3-4-18(17)23/h3-4,9-10,16H,5-8,11-12H2,1-2H3,(H,24,25,26)/t16-/m0/s1. The van der Waals surface area contributed by atoms with Gasteiger partial charge < -0.3 is 10.2 Å². The van der Waals surface area contributed by atoms with Gasteiger partial charge in [-0.25, -0.2) is 9.97 Å². The number of aryl methyl sites for hydroxylation is 2. The monoisotopic (exact) mass is 418 g/mol. The fourth-order valence-corrected chi connectivity index (χ4v) is 4.53. The first-order chi connectivity index (χ1) is 13.3. The molecule has 4 rings (SSSR count). The molecule has 0 radical (unpaired) electrons. The highest BCUT2D eigenvalue weighted by atomic mass is 35.5. The number of amides is 1. The molecule has 1 N–H and O–H groups in total. The van der Waals surface area contributed by atoms with E-state index in [1.807, 2.05) is 24.8 Å². The van der Waals surface area contributed by atoms with Crippen molar-refractivity contribution in [3.63, 3.8) is 0 Å². The number of nitrogens with one attached hydrogen (secondary N) is 1. The second-order valence-electron chi connectivity index (χ2n) is 8.09. The van der Waals surface area contributed by atoms with Gasteiger partial charge in [0.2, 0.25) is 5.95 Å². The van der Waals surface area contributed by atoms with Crippen LogP contribution in [0.2, 0.25) is 10.0 Å². The Morgan fingerprint density at radius 3 is 2.57 bits per heavy atom. The molecular weight excluding hydrogens is 395 g/mol. The molecule has 1 atom stereocenters. The molecular formula is C21H24Cl2N4O. The average molecular weight is 419 g/mol. The van der Waals surface area contributed by atoms with Gasteiger partial charge in [0, 0.05) is 35.5 Å². The number of likely N-dealkylation sites (tertiary alicyclic amines) is 1. The van der Waals surface area contributed by atoms with Crippen LogP contribution in [0.25, 0.3) is 0 Å². The van der Waals surface area contributed by atoms with Crippen LogP contribution < -0.4 is 5.32 Å². The SMILES string of the molecule is Cc1cc(C)nc(NC[C@@H]2CC3(CCN2C(=O)c2cc(Cl)ccc2Cl)CC3)n1. The smallest absolute Gasteiger partial charge is 0.255 e. The minimum absolute atomic E-state index is 0.0591. The summed E-state index contributed by atoms with van der Waals surface area (Å²) in [7, 11) is 0. The number of halogens is 2. The van der Waals surface area contributed by atoms with Crippen molar-refractivity contribution in [3.8, 4) is 0 Å². The van der Waals surface area contributed by atoms with Crippen LogP contribution in [0.4, 0.5) is 5.95 Å². The van der Waals surface area contributed by atoms with E-state index >= 15 is 0 Å². The third-order valence-corrected chi connectivity index (χ3v) is 6.41. The average Bonchev–Trinajstić information content (AvgIpc) is 3.39. The van der Waals surface area contributed by atoms with Crippen LogP contribution in [0, 0.1) is 19.3 Å². The summed E-state index contributed by atoms with van der Waals surface area (Å²) in [5, 5.41) is 4.30. The fraction of sp³-hybridized carbons (Fsp3) is 0.476. The maximum atomic E-state index is 13.3. The molecule has 2 aliphatic rings. The number of rotatable bonds is 4. The summed E-state index contributed by atoms with van der Waals surface area (Å²) in [4.78, 5) is 24.1. The first kappa shape index (κ1) is 19.5. The summed E-state index contributed by atoms with van der Waals surface area (Å²) in [6, 6.07) is 7.06. The van der Waals surface area contributed by atoms with Crippen LogP contribution in [-0.4, -0.2) is 39.9 Å². The molecule has 148 valence electrons. The van der Waals surface area contributed by atoms with E-state index in [2.05, 4.69) is 15.3 Å². The van der Waals surface area contributed by atoms with Gasteiger partial charge in [0.25, 0.3) is 5.91 Å². The van der Waals surface area contributed by atoms with E-state index in [0.717, 1.165) is 30.8 Å². The molecule has 2 heterocycles. The molecule has 1 saturated heterocycles. The van der Waals surface area contributed by atoms with Crippen molar-refractivity contribution >= 4 is 35.1 Å². The lowest BCUT2D eigenvalue weighted by Gasteiger charge is -2.40.